The molecule has 0 N–H and O–H groups in total. The molecule has 0 bridgehead atoms. The van der Waals surface area contributed by atoms with Gasteiger partial charge in [-0.25, -0.2) is 4.79 Å². The van der Waals surface area contributed by atoms with Crippen molar-refractivity contribution in [2.24, 2.45) is 0 Å². The van der Waals surface area contributed by atoms with E-state index in [0.717, 1.165) is 37.0 Å². The van der Waals surface area contributed by atoms with Crippen LogP contribution < -0.4 is 4.74 Å². The highest BCUT2D eigenvalue weighted by atomic mass is 16.6. The van der Waals surface area contributed by atoms with Gasteiger partial charge in [0.15, 0.2) is 0 Å². The van der Waals surface area contributed by atoms with Gasteiger partial charge >= 0.3 is 5.97 Å². The smallest absolute Gasteiger partial charge is 0.350 e. The van der Waals surface area contributed by atoms with Gasteiger partial charge in [0.05, 0.1) is 7.11 Å². The fourth-order valence-electron chi connectivity index (χ4n) is 2.36. The van der Waals surface area contributed by atoms with E-state index in [2.05, 4.69) is 0 Å². The van der Waals surface area contributed by atoms with Gasteiger partial charge in [0.2, 0.25) is 5.60 Å². The first-order valence-corrected chi connectivity index (χ1v) is 6.01. The normalized spacial score (nSPS) is 17.8. The van der Waals surface area contributed by atoms with Crippen molar-refractivity contribution in [3.63, 3.8) is 0 Å². The van der Waals surface area contributed by atoms with Gasteiger partial charge in [-0.3, -0.25) is 0 Å². The number of aryl methyl sites for hydroxylation is 1. The van der Waals surface area contributed by atoms with Crippen LogP contribution in [0, 0.1) is 6.92 Å². The average Bonchev–Trinajstić information content (AvgIpc) is 2.81. The maximum Gasteiger partial charge on any atom is 0.350 e. The minimum absolute atomic E-state index is 0.252. The molecule has 0 atom stereocenters. The second kappa shape index (κ2) is 4.78. The summed E-state index contributed by atoms with van der Waals surface area (Å²) in [7, 11) is 1.42. The van der Waals surface area contributed by atoms with Crippen LogP contribution in [0.1, 0.15) is 31.2 Å². The van der Waals surface area contributed by atoms with Crippen molar-refractivity contribution < 1.29 is 14.3 Å². The van der Waals surface area contributed by atoms with Crippen LogP contribution >= 0.6 is 0 Å². The predicted octanol–water partition coefficient (Wildman–Crippen LogP) is 2.86. The number of rotatable bonds is 3. The highest BCUT2D eigenvalue weighted by molar-refractivity contribution is 5.80. The maximum absolute atomic E-state index is 11.9. The van der Waals surface area contributed by atoms with Crippen LogP contribution in [-0.4, -0.2) is 18.7 Å². The molecule has 0 unspecified atom stereocenters. The minimum Gasteiger partial charge on any atom is -0.475 e. The summed E-state index contributed by atoms with van der Waals surface area (Å²) in [5.74, 6) is 0.526. The molecule has 1 saturated carbocycles. The minimum atomic E-state index is -0.763. The van der Waals surface area contributed by atoms with Crippen molar-refractivity contribution in [3.05, 3.63) is 29.8 Å². The molecule has 3 nitrogen and oxygen atoms in total. The fraction of sp³-hybridized carbons (Fsp3) is 0.500. The highest BCUT2D eigenvalue weighted by Gasteiger charge is 2.45. The molecule has 1 aromatic rings. The van der Waals surface area contributed by atoms with Crippen molar-refractivity contribution in [2.45, 2.75) is 38.2 Å². The number of esters is 1. The largest absolute Gasteiger partial charge is 0.475 e. The zero-order valence-electron chi connectivity index (χ0n) is 10.4. The summed E-state index contributed by atoms with van der Waals surface area (Å²) in [5.41, 5.74) is 0.281. The van der Waals surface area contributed by atoms with E-state index < -0.39 is 5.60 Å². The van der Waals surface area contributed by atoms with Crippen LogP contribution in [-0.2, 0) is 9.53 Å². The fourth-order valence-corrected chi connectivity index (χ4v) is 2.36. The Morgan fingerprint density at radius 3 is 2.47 bits per heavy atom. The molecule has 0 amide bonds. The molecule has 0 heterocycles. The quantitative estimate of drug-likeness (QED) is 0.754. The summed E-state index contributed by atoms with van der Waals surface area (Å²) < 4.78 is 10.9. The van der Waals surface area contributed by atoms with E-state index in [1.807, 2.05) is 31.2 Å². The number of carbonyl (C=O) groups excluding carboxylic acids is 1. The van der Waals surface area contributed by atoms with E-state index >= 15 is 0 Å². The van der Waals surface area contributed by atoms with Gasteiger partial charge in [-0.15, -0.1) is 0 Å². The third-order valence-corrected chi connectivity index (χ3v) is 3.37. The second-order valence-corrected chi connectivity index (χ2v) is 4.56. The highest BCUT2D eigenvalue weighted by Crippen LogP contribution is 2.36. The molecule has 3 heteroatoms. The van der Waals surface area contributed by atoms with Gasteiger partial charge < -0.3 is 9.47 Å². The molecular formula is C14H18O3. The second-order valence-electron chi connectivity index (χ2n) is 4.56. The van der Waals surface area contributed by atoms with E-state index in [4.69, 9.17) is 9.47 Å². The Morgan fingerprint density at radius 2 is 1.88 bits per heavy atom. The van der Waals surface area contributed by atoms with E-state index in [-0.39, 0.29) is 5.97 Å². The first-order chi connectivity index (χ1) is 8.18. The monoisotopic (exact) mass is 234 g/mol. The molecule has 17 heavy (non-hydrogen) atoms. The van der Waals surface area contributed by atoms with E-state index in [0.29, 0.717) is 0 Å². The molecule has 0 aliphatic heterocycles. The SMILES string of the molecule is COC(=O)C1(Oc2ccccc2C)CCCC1. The number of hydrogen-bond donors (Lipinski definition) is 0. The molecule has 0 spiro atoms. The molecule has 1 aromatic carbocycles. The summed E-state index contributed by atoms with van der Waals surface area (Å²) in [4.78, 5) is 11.9. The lowest BCUT2D eigenvalue weighted by Crippen LogP contribution is -2.42. The Bertz CT molecular complexity index is 406. The number of para-hydroxylation sites is 1. The first kappa shape index (κ1) is 12.0. The van der Waals surface area contributed by atoms with E-state index in [9.17, 15) is 4.79 Å². The average molecular weight is 234 g/mol. The van der Waals surface area contributed by atoms with Crippen molar-refractivity contribution in [1.29, 1.82) is 0 Å². The first-order valence-electron chi connectivity index (χ1n) is 6.01. The van der Waals surface area contributed by atoms with Crippen LogP contribution in [0.15, 0.2) is 24.3 Å². The van der Waals surface area contributed by atoms with E-state index in [1.165, 1.54) is 7.11 Å². The molecule has 0 radical (unpaired) electrons. The summed E-state index contributed by atoms with van der Waals surface area (Å²) in [6, 6.07) is 7.76. The predicted molar refractivity (Wildman–Crippen MR) is 65.0 cm³/mol. The Labute approximate surface area is 102 Å². The number of benzene rings is 1. The molecule has 1 aliphatic rings. The summed E-state index contributed by atoms with van der Waals surface area (Å²) in [5, 5.41) is 0. The molecule has 0 saturated heterocycles. The molecule has 92 valence electrons. The van der Waals surface area contributed by atoms with E-state index in [1.54, 1.807) is 0 Å². The summed E-state index contributed by atoms with van der Waals surface area (Å²) in [6.07, 6.45) is 3.52. The van der Waals surface area contributed by atoms with Gasteiger partial charge in [0.1, 0.15) is 5.75 Å². The van der Waals surface area contributed by atoms with Gasteiger partial charge in [-0.05, 0) is 44.2 Å². The Hall–Kier alpha value is -1.51. The zero-order valence-corrected chi connectivity index (χ0v) is 10.4. The third kappa shape index (κ3) is 2.28. The lowest BCUT2D eigenvalue weighted by molar-refractivity contribution is -0.158. The van der Waals surface area contributed by atoms with Gasteiger partial charge in [-0.2, -0.15) is 0 Å². The van der Waals surface area contributed by atoms with Gasteiger partial charge in [0, 0.05) is 0 Å². The third-order valence-electron chi connectivity index (χ3n) is 3.37. The van der Waals surface area contributed by atoms with Crippen molar-refractivity contribution >= 4 is 5.97 Å². The van der Waals surface area contributed by atoms with Crippen LogP contribution in [0.4, 0.5) is 0 Å². The number of carbonyl (C=O) groups is 1. The molecule has 0 aromatic heterocycles. The summed E-state index contributed by atoms with van der Waals surface area (Å²) in [6.45, 7) is 1.98. The van der Waals surface area contributed by atoms with Crippen molar-refractivity contribution in [3.8, 4) is 5.75 Å². The van der Waals surface area contributed by atoms with Gasteiger partial charge in [-0.1, -0.05) is 18.2 Å². The van der Waals surface area contributed by atoms with Crippen LogP contribution in [0.25, 0.3) is 0 Å². The van der Waals surface area contributed by atoms with Crippen molar-refractivity contribution in [2.75, 3.05) is 7.11 Å². The molecule has 2 rings (SSSR count). The topological polar surface area (TPSA) is 35.5 Å². The Morgan fingerprint density at radius 1 is 1.24 bits per heavy atom. The van der Waals surface area contributed by atoms with Crippen LogP contribution in [0.2, 0.25) is 0 Å². The van der Waals surface area contributed by atoms with Gasteiger partial charge in [0.25, 0.3) is 0 Å². The maximum atomic E-state index is 11.9. The molecule has 1 aliphatic carbocycles. The molecule has 1 fully saturated rings. The molecular weight excluding hydrogens is 216 g/mol. The van der Waals surface area contributed by atoms with Crippen molar-refractivity contribution in [1.82, 2.24) is 0 Å². The standard InChI is InChI=1S/C14H18O3/c1-11-7-3-4-8-12(11)17-14(13(15)16-2)9-5-6-10-14/h3-4,7-8H,5-6,9-10H2,1-2H3. The Kier molecular flexibility index (Phi) is 3.36. The zero-order chi connectivity index (χ0) is 12.3. The van der Waals surface area contributed by atoms with Crippen LogP contribution in [0.3, 0.4) is 0 Å². The number of methoxy groups -OCH3 is 1. The Balaban J connectivity index is 2.25. The number of ether oxygens (including phenoxy) is 2. The number of hydrogen-bond acceptors (Lipinski definition) is 3. The lowest BCUT2D eigenvalue weighted by atomic mass is 10.0. The summed E-state index contributed by atoms with van der Waals surface area (Å²) >= 11 is 0. The van der Waals surface area contributed by atoms with Crippen LogP contribution in [0.5, 0.6) is 5.75 Å². The lowest BCUT2D eigenvalue weighted by Gasteiger charge is -2.27.